The van der Waals surface area contributed by atoms with E-state index in [4.69, 9.17) is 0 Å². The van der Waals surface area contributed by atoms with Crippen LogP contribution in [0.1, 0.15) is 42.4 Å². The molecule has 3 rings (SSSR count). The van der Waals surface area contributed by atoms with E-state index in [0.29, 0.717) is 16.5 Å². The molecule has 1 heterocycles. The molecule has 0 saturated heterocycles. The summed E-state index contributed by atoms with van der Waals surface area (Å²) >= 11 is 0. The summed E-state index contributed by atoms with van der Waals surface area (Å²) in [5, 5.41) is 9.22. The second-order valence-corrected chi connectivity index (χ2v) is 5.58. The summed E-state index contributed by atoms with van der Waals surface area (Å²) in [6.45, 7) is 5.14. The molecule has 0 spiro atoms. The van der Waals surface area contributed by atoms with E-state index in [1.165, 1.54) is 19.3 Å². The maximum atomic E-state index is 11.2. The number of hydrogen-bond donors (Lipinski definition) is 1. The maximum absolute atomic E-state index is 11.2. The fourth-order valence-electron chi connectivity index (χ4n) is 2.77. The molecule has 0 amide bonds. The summed E-state index contributed by atoms with van der Waals surface area (Å²) in [7, 11) is 0. The standard InChI is InChI=1S/C15H18N2O2/c1-3-15(7-8-15)9-17-10(2)16-13-11(14(18)19)5-4-6-12(13)17/h4-6H,3,7-9H2,1-2H3,(H,18,19). The van der Waals surface area contributed by atoms with Crippen molar-refractivity contribution in [3.8, 4) is 0 Å². The first-order valence-corrected chi connectivity index (χ1v) is 6.75. The van der Waals surface area contributed by atoms with Gasteiger partial charge < -0.3 is 9.67 Å². The van der Waals surface area contributed by atoms with Crippen molar-refractivity contribution in [1.29, 1.82) is 0 Å². The predicted molar refractivity (Wildman–Crippen MR) is 73.4 cm³/mol. The zero-order valence-electron chi connectivity index (χ0n) is 11.3. The molecule has 0 radical (unpaired) electrons. The minimum atomic E-state index is -0.910. The van der Waals surface area contributed by atoms with E-state index in [0.717, 1.165) is 17.9 Å². The van der Waals surface area contributed by atoms with E-state index in [9.17, 15) is 9.90 Å². The zero-order chi connectivity index (χ0) is 13.6. The lowest BCUT2D eigenvalue weighted by molar-refractivity contribution is 0.0699. The first-order chi connectivity index (χ1) is 9.06. The van der Waals surface area contributed by atoms with Crippen LogP contribution in [0, 0.1) is 12.3 Å². The monoisotopic (exact) mass is 258 g/mol. The van der Waals surface area contributed by atoms with E-state index in [2.05, 4.69) is 16.5 Å². The van der Waals surface area contributed by atoms with Crippen LogP contribution in [0.25, 0.3) is 11.0 Å². The van der Waals surface area contributed by atoms with Crippen LogP contribution < -0.4 is 0 Å². The summed E-state index contributed by atoms with van der Waals surface area (Å²) < 4.78 is 2.18. The molecule has 4 nitrogen and oxygen atoms in total. The minimum Gasteiger partial charge on any atom is -0.478 e. The number of carbonyl (C=O) groups is 1. The number of imidazole rings is 1. The summed E-state index contributed by atoms with van der Waals surface area (Å²) in [6.07, 6.45) is 3.70. The summed E-state index contributed by atoms with van der Waals surface area (Å²) in [5.41, 5.74) is 2.26. The highest BCUT2D eigenvalue weighted by atomic mass is 16.4. The quantitative estimate of drug-likeness (QED) is 0.916. The SMILES string of the molecule is CCC1(Cn2c(C)nc3c(C(=O)O)cccc32)CC1. The molecule has 0 unspecified atom stereocenters. The van der Waals surface area contributed by atoms with Crippen LogP contribution in [0.4, 0.5) is 0 Å². The van der Waals surface area contributed by atoms with Gasteiger partial charge in [0.25, 0.3) is 0 Å². The number of aromatic nitrogens is 2. The lowest BCUT2D eigenvalue weighted by Gasteiger charge is -2.15. The Hall–Kier alpha value is -1.84. The van der Waals surface area contributed by atoms with E-state index < -0.39 is 5.97 Å². The van der Waals surface area contributed by atoms with Gasteiger partial charge in [-0.05, 0) is 43.7 Å². The number of aromatic carboxylic acids is 1. The predicted octanol–water partition coefficient (Wildman–Crippen LogP) is 3.23. The fourth-order valence-corrected chi connectivity index (χ4v) is 2.77. The lowest BCUT2D eigenvalue weighted by atomic mass is 10.0. The Morgan fingerprint density at radius 2 is 2.21 bits per heavy atom. The third-order valence-corrected chi connectivity index (χ3v) is 4.40. The van der Waals surface area contributed by atoms with Crippen molar-refractivity contribution < 1.29 is 9.90 Å². The van der Waals surface area contributed by atoms with Crippen LogP contribution in [0.2, 0.25) is 0 Å². The molecule has 1 aliphatic rings. The number of hydrogen-bond acceptors (Lipinski definition) is 2. The van der Waals surface area contributed by atoms with Gasteiger partial charge in [-0.25, -0.2) is 9.78 Å². The van der Waals surface area contributed by atoms with Gasteiger partial charge in [-0.15, -0.1) is 0 Å². The molecule has 1 N–H and O–H groups in total. The van der Waals surface area contributed by atoms with Crippen molar-refractivity contribution in [2.75, 3.05) is 0 Å². The molecule has 0 bridgehead atoms. The first kappa shape index (κ1) is 12.2. The highest BCUT2D eigenvalue weighted by Gasteiger charge is 2.41. The van der Waals surface area contributed by atoms with Crippen molar-refractivity contribution >= 4 is 17.0 Å². The third-order valence-electron chi connectivity index (χ3n) is 4.40. The average Bonchev–Trinajstić information content (AvgIpc) is 3.09. The number of fused-ring (bicyclic) bond motifs is 1. The zero-order valence-corrected chi connectivity index (χ0v) is 11.3. The molecular formula is C15H18N2O2. The van der Waals surface area contributed by atoms with Crippen LogP contribution in [0.15, 0.2) is 18.2 Å². The second kappa shape index (κ2) is 4.08. The van der Waals surface area contributed by atoms with Gasteiger partial charge in [-0.2, -0.15) is 0 Å². The van der Waals surface area contributed by atoms with Crippen molar-refractivity contribution in [2.24, 2.45) is 5.41 Å². The van der Waals surface area contributed by atoms with Gasteiger partial charge in [0, 0.05) is 6.54 Å². The van der Waals surface area contributed by atoms with Crippen LogP contribution in [0.5, 0.6) is 0 Å². The Morgan fingerprint density at radius 1 is 1.47 bits per heavy atom. The first-order valence-electron chi connectivity index (χ1n) is 6.75. The normalized spacial score (nSPS) is 16.7. The highest BCUT2D eigenvalue weighted by molar-refractivity contribution is 6.01. The molecule has 19 heavy (non-hydrogen) atoms. The Bertz CT molecular complexity index is 653. The number of carboxylic acid groups (broad SMARTS) is 1. The third kappa shape index (κ3) is 1.91. The van der Waals surface area contributed by atoms with E-state index in [-0.39, 0.29) is 0 Å². The molecule has 100 valence electrons. The minimum absolute atomic E-state index is 0.292. The average molecular weight is 258 g/mol. The highest BCUT2D eigenvalue weighted by Crippen LogP contribution is 2.50. The summed E-state index contributed by atoms with van der Waals surface area (Å²) in [5.74, 6) is -0.00435. The Labute approximate surface area is 112 Å². The Balaban J connectivity index is 2.12. The van der Waals surface area contributed by atoms with Crippen molar-refractivity contribution in [2.45, 2.75) is 39.7 Å². The number of nitrogens with zero attached hydrogens (tertiary/aromatic N) is 2. The van der Waals surface area contributed by atoms with Gasteiger partial charge in [-0.1, -0.05) is 13.0 Å². The van der Waals surface area contributed by atoms with Crippen LogP contribution in [-0.4, -0.2) is 20.6 Å². The molecule has 1 aromatic carbocycles. The fraction of sp³-hybridized carbons (Fsp3) is 0.467. The van der Waals surface area contributed by atoms with Gasteiger partial charge in [0.1, 0.15) is 11.3 Å². The second-order valence-electron chi connectivity index (χ2n) is 5.58. The molecule has 0 atom stereocenters. The van der Waals surface area contributed by atoms with Gasteiger partial charge in [0.15, 0.2) is 0 Å². The van der Waals surface area contributed by atoms with Gasteiger partial charge in [0.05, 0.1) is 11.1 Å². The van der Waals surface area contributed by atoms with Gasteiger partial charge >= 0.3 is 5.97 Å². The molecular weight excluding hydrogens is 240 g/mol. The molecule has 4 heteroatoms. The largest absolute Gasteiger partial charge is 0.478 e. The van der Waals surface area contributed by atoms with Crippen LogP contribution in [-0.2, 0) is 6.54 Å². The van der Waals surface area contributed by atoms with Crippen molar-refractivity contribution in [3.63, 3.8) is 0 Å². The lowest BCUT2D eigenvalue weighted by Crippen LogP contribution is -2.12. The topological polar surface area (TPSA) is 55.1 Å². The molecule has 0 aliphatic heterocycles. The molecule has 1 fully saturated rings. The van der Waals surface area contributed by atoms with Crippen LogP contribution >= 0.6 is 0 Å². The maximum Gasteiger partial charge on any atom is 0.337 e. The molecule has 1 aromatic heterocycles. The van der Waals surface area contributed by atoms with Crippen molar-refractivity contribution in [3.05, 3.63) is 29.6 Å². The van der Waals surface area contributed by atoms with Gasteiger partial charge in [0.2, 0.25) is 0 Å². The van der Waals surface area contributed by atoms with Crippen molar-refractivity contribution in [1.82, 2.24) is 9.55 Å². The Morgan fingerprint density at radius 3 is 2.79 bits per heavy atom. The molecule has 1 aliphatic carbocycles. The molecule has 1 saturated carbocycles. The van der Waals surface area contributed by atoms with E-state index >= 15 is 0 Å². The summed E-state index contributed by atoms with van der Waals surface area (Å²) in [6, 6.07) is 5.39. The number of aryl methyl sites for hydroxylation is 1. The number of benzene rings is 1. The number of rotatable bonds is 4. The Kier molecular flexibility index (Phi) is 2.62. The molecule has 2 aromatic rings. The van der Waals surface area contributed by atoms with E-state index in [1.807, 2.05) is 13.0 Å². The van der Waals surface area contributed by atoms with Gasteiger partial charge in [-0.3, -0.25) is 0 Å². The number of para-hydroxylation sites is 1. The van der Waals surface area contributed by atoms with Crippen LogP contribution in [0.3, 0.4) is 0 Å². The van der Waals surface area contributed by atoms with E-state index in [1.54, 1.807) is 12.1 Å². The summed E-state index contributed by atoms with van der Waals surface area (Å²) in [4.78, 5) is 15.7. The number of carboxylic acids is 1. The smallest absolute Gasteiger partial charge is 0.337 e.